The summed E-state index contributed by atoms with van der Waals surface area (Å²) in [6.45, 7) is 2.30. The Morgan fingerprint density at radius 1 is 1.41 bits per heavy atom. The molecular weight excluding hydrogens is 368 g/mol. The molecule has 5 nitrogen and oxygen atoms in total. The SMILES string of the molecule is Cc1ncsc1C(=O)N(CCC(=O)O)Cc1cccc(Br)c1. The number of carboxylic acid groups (broad SMARTS) is 1. The van der Waals surface area contributed by atoms with Crippen molar-refractivity contribution < 1.29 is 14.7 Å². The minimum Gasteiger partial charge on any atom is -0.481 e. The molecule has 0 aliphatic carbocycles. The number of aryl methyl sites for hydroxylation is 1. The van der Waals surface area contributed by atoms with Gasteiger partial charge in [0.05, 0.1) is 17.6 Å². The Hall–Kier alpha value is -1.73. The average Bonchev–Trinajstić information content (AvgIpc) is 2.88. The minimum absolute atomic E-state index is 0.0857. The molecule has 116 valence electrons. The van der Waals surface area contributed by atoms with Crippen molar-refractivity contribution in [3.63, 3.8) is 0 Å². The fourth-order valence-electron chi connectivity index (χ4n) is 1.99. The number of benzene rings is 1. The summed E-state index contributed by atoms with van der Waals surface area (Å²) in [5.41, 5.74) is 3.23. The van der Waals surface area contributed by atoms with E-state index in [0.717, 1.165) is 10.0 Å². The Bertz CT molecular complexity index is 687. The van der Waals surface area contributed by atoms with Crippen molar-refractivity contribution in [3.8, 4) is 0 Å². The summed E-state index contributed by atoms with van der Waals surface area (Å²) in [5, 5.41) is 8.88. The molecule has 1 aromatic heterocycles. The number of hydrogen-bond acceptors (Lipinski definition) is 4. The number of nitrogens with zero attached hydrogens (tertiary/aromatic N) is 2. The van der Waals surface area contributed by atoms with Crippen molar-refractivity contribution in [3.05, 3.63) is 50.4 Å². The molecule has 1 N–H and O–H groups in total. The molecule has 2 aromatic rings. The van der Waals surface area contributed by atoms with Gasteiger partial charge in [-0.05, 0) is 24.6 Å². The third-order valence-electron chi connectivity index (χ3n) is 3.09. The smallest absolute Gasteiger partial charge is 0.305 e. The van der Waals surface area contributed by atoms with Crippen molar-refractivity contribution in [1.82, 2.24) is 9.88 Å². The Kier molecular flexibility index (Phi) is 5.68. The lowest BCUT2D eigenvalue weighted by Crippen LogP contribution is -2.32. The van der Waals surface area contributed by atoms with E-state index in [1.54, 1.807) is 17.3 Å². The first-order chi connectivity index (χ1) is 10.5. The Balaban J connectivity index is 2.20. The topological polar surface area (TPSA) is 70.5 Å². The van der Waals surface area contributed by atoms with Gasteiger partial charge in [0.25, 0.3) is 5.91 Å². The predicted molar refractivity (Wildman–Crippen MR) is 88.0 cm³/mol. The van der Waals surface area contributed by atoms with Gasteiger partial charge in [0.1, 0.15) is 4.88 Å². The van der Waals surface area contributed by atoms with Crippen LogP contribution in [-0.4, -0.2) is 33.4 Å². The van der Waals surface area contributed by atoms with Gasteiger partial charge in [0.2, 0.25) is 0 Å². The maximum absolute atomic E-state index is 12.6. The number of carbonyl (C=O) groups excluding carboxylic acids is 1. The van der Waals surface area contributed by atoms with Crippen LogP contribution in [0, 0.1) is 6.92 Å². The number of carbonyl (C=O) groups is 2. The number of aliphatic carboxylic acids is 1. The van der Waals surface area contributed by atoms with Crippen LogP contribution in [0.5, 0.6) is 0 Å². The van der Waals surface area contributed by atoms with Gasteiger partial charge in [-0.15, -0.1) is 11.3 Å². The van der Waals surface area contributed by atoms with Crippen LogP contribution in [0.2, 0.25) is 0 Å². The van der Waals surface area contributed by atoms with Gasteiger partial charge in [-0.25, -0.2) is 4.98 Å². The van der Waals surface area contributed by atoms with Gasteiger partial charge in [-0.1, -0.05) is 28.1 Å². The first-order valence-corrected chi connectivity index (χ1v) is 8.30. The molecule has 0 saturated carbocycles. The largest absolute Gasteiger partial charge is 0.481 e. The fraction of sp³-hybridized carbons (Fsp3) is 0.267. The van der Waals surface area contributed by atoms with Crippen LogP contribution < -0.4 is 0 Å². The van der Waals surface area contributed by atoms with Crippen LogP contribution in [0.3, 0.4) is 0 Å². The van der Waals surface area contributed by atoms with E-state index in [1.807, 2.05) is 24.3 Å². The summed E-state index contributed by atoms with van der Waals surface area (Å²) in [6, 6.07) is 7.61. The van der Waals surface area contributed by atoms with Crippen LogP contribution in [-0.2, 0) is 11.3 Å². The summed E-state index contributed by atoms with van der Waals surface area (Å²) >= 11 is 4.67. The number of halogens is 1. The van der Waals surface area contributed by atoms with Crippen molar-refractivity contribution in [2.24, 2.45) is 0 Å². The molecule has 1 aromatic carbocycles. The lowest BCUT2D eigenvalue weighted by atomic mass is 10.2. The van der Waals surface area contributed by atoms with Crippen molar-refractivity contribution in [2.45, 2.75) is 19.9 Å². The zero-order valence-corrected chi connectivity index (χ0v) is 14.4. The highest BCUT2D eigenvalue weighted by Gasteiger charge is 2.20. The molecule has 0 spiro atoms. The van der Waals surface area contributed by atoms with Crippen LogP contribution in [0.1, 0.15) is 27.3 Å². The molecule has 0 saturated heterocycles. The molecule has 1 heterocycles. The Morgan fingerprint density at radius 2 is 2.18 bits per heavy atom. The van der Waals surface area contributed by atoms with Crippen LogP contribution >= 0.6 is 27.3 Å². The van der Waals surface area contributed by atoms with Gasteiger partial charge >= 0.3 is 5.97 Å². The predicted octanol–water partition coefficient (Wildman–Crippen LogP) is 3.33. The average molecular weight is 383 g/mol. The van der Waals surface area contributed by atoms with E-state index in [2.05, 4.69) is 20.9 Å². The number of amides is 1. The molecule has 0 atom stereocenters. The van der Waals surface area contributed by atoms with Crippen molar-refractivity contribution in [1.29, 1.82) is 0 Å². The maximum atomic E-state index is 12.6. The molecule has 0 fully saturated rings. The van der Waals surface area contributed by atoms with Gasteiger partial charge in [-0.3, -0.25) is 9.59 Å². The second-order valence-corrected chi connectivity index (χ2v) is 6.54. The van der Waals surface area contributed by atoms with Crippen LogP contribution in [0.15, 0.2) is 34.2 Å². The van der Waals surface area contributed by atoms with Gasteiger partial charge < -0.3 is 10.0 Å². The maximum Gasteiger partial charge on any atom is 0.305 e. The molecule has 0 unspecified atom stereocenters. The van der Waals surface area contributed by atoms with Crippen molar-refractivity contribution >= 4 is 39.1 Å². The normalized spacial score (nSPS) is 10.5. The molecule has 0 aliphatic rings. The van der Waals surface area contributed by atoms with E-state index in [1.165, 1.54) is 11.3 Å². The molecule has 0 aliphatic heterocycles. The van der Waals surface area contributed by atoms with Crippen LogP contribution in [0.25, 0.3) is 0 Å². The van der Waals surface area contributed by atoms with E-state index in [-0.39, 0.29) is 18.9 Å². The highest BCUT2D eigenvalue weighted by molar-refractivity contribution is 9.10. The summed E-state index contributed by atoms with van der Waals surface area (Å²) < 4.78 is 0.921. The molecular formula is C15H15BrN2O3S. The van der Waals surface area contributed by atoms with Gasteiger partial charge in [-0.2, -0.15) is 0 Å². The molecule has 7 heteroatoms. The molecule has 22 heavy (non-hydrogen) atoms. The highest BCUT2D eigenvalue weighted by atomic mass is 79.9. The molecule has 2 rings (SSSR count). The van der Waals surface area contributed by atoms with Gasteiger partial charge in [0.15, 0.2) is 0 Å². The summed E-state index contributed by atoms with van der Waals surface area (Å²) in [7, 11) is 0. The molecule has 0 bridgehead atoms. The van der Waals surface area contributed by atoms with E-state index in [9.17, 15) is 9.59 Å². The zero-order valence-electron chi connectivity index (χ0n) is 12.0. The third-order valence-corrected chi connectivity index (χ3v) is 4.49. The first-order valence-electron chi connectivity index (χ1n) is 6.63. The summed E-state index contributed by atoms with van der Waals surface area (Å²) in [4.78, 5) is 29.6. The summed E-state index contributed by atoms with van der Waals surface area (Å²) in [6.07, 6.45) is -0.0857. The minimum atomic E-state index is -0.923. The highest BCUT2D eigenvalue weighted by Crippen LogP contribution is 2.19. The number of aromatic nitrogens is 1. The van der Waals surface area contributed by atoms with E-state index in [4.69, 9.17) is 5.11 Å². The van der Waals surface area contributed by atoms with E-state index in [0.29, 0.717) is 17.1 Å². The second kappa shape index (κ2) is 7.51. The number of thiazole rings is 1. The van der Waals surface area contributed by atoms with Crippen LogP contribution in [0.4, 0.5) is 0 Å². The number of rotatable bonds is 6. The molecule has 0 radical (unpaired) electrons. The number of hydrogen-bond donors (Lipinski definition) is 1. The van der Waals surface area contributed by atoms with Gasteiger partial charge in [0, 0.05) is 17.6 Å². The quantitative estimate of drug-likeness (QED) is 0.831. The molecule has 1 amide bonds. The monoisotopic (exact) mass is 382 g/mol. The lowest BCUT2D eigenvalue weighted by Gasteiger charge is -2.22. The second-order valence-electron chi connectivity index (χ2n) is 4.77. The zero-order chi connectivity index (χ0) is 16.1. The fourth-order valence-corrected chi connectivity index (χ4v) is 3.21. The third kappa shape index (κ3) is 4.38. The van der Waals surface area contributed by atoms with Crippen molar-refractivity contribution in [2.75, 3.05) is 6.54 Å². The first kappa shape index (κ1) is 16.6. The standard InChI is InChI=1S/C15H15BrN2O3S/c1-10-14(22-9-17-10)15(21)18(6-5-13(19)20)8-11-3-2-4-12(16)7-11/h2-4,7,9H,5-6,8H2,1H3,(H,19,20). The Morgan fingerprint density at radius 3 is 2.77 bits per heavy atom. The van der Waals surface area contributed by atoms with E-state index >= 15 is 0 Å². The lowest BCUT2D eigenvalue weighted by molar-refractivity contribution is -0.137. The number of carboxylic acids is 1. The van der Waals surface area contributed by atoms with E-state index < -0.39 is 5.97 Å². The summed E-state index contributed by atoms with van der Waals surface area (Å²) in [5.74, 6) is -1.10. The Labute approximate surface area is 140 Å².